The Hall–Kier alpha value is -2.36. The molecule has 0 unspecified atom stereocenters. The average Bonchev–Trinajstić information content (AvgIpc) is 2.58. The van der Waals surface area contributed by atoms with Crippen LogP contribution < -0.4 is 19.5 Å². The van der Waals surface area contributed by atoms with Gasteiger partial charge in [0.05, 0.1) is 21.3 Å². The van der Waals surface area contributed by atoms with E-state index in [1.165, 1.54) is 11.1 Å². The summed E-state index contributed by atoms with van der Waals surface area (Å²) < 4.78 is 16.1. The van der Waals surface area contributed by atoms with E-state index in [4.69, 9.17) is 14.2 Å². The predicted molar refractivity (Wildman–Crippen MR) is 98.6 cm³/mol. The van der Waals surface area contributed by atoms with Crippen LogP contribution in [-0.4, -0.2) is 21.3 Å². The highest BCUT2D eigenvalue weighted by molar-refractivity contribution is 5.62. The van der Waals surface area contributed by atoms with E-state index in [1.807, 2.05) is 12.1 Å². The van der Waals surface area contributed by atoms with Crippen LogP contribution in [0.3, 0.4) is 0 Å². The molecule has 130 valence electrons. The van der Waals surface area contributed by atoms with Gasteiger partial charge >= 0.3 is 0 Å². The fraction of sp³-hybridized carbons (Fsp3) is 0.400. The van der Waals surface area contributed by atoms with Crippen LogP contribution in [-0.2, 0) is 12.0 Å². The molecule has 2 aromatic rings. The summed E-state index contributed by atoms with van der Waals surface area (Å²) in [5, 5.41) is 3.40. The first-order chi connectivity index (χ1) is 11.4. The Kier molecular flexibility index (Phi) is 5.60. The Morgan fingerprint density at radius 3 is 1.79 bits per heavy atom. The smallest absolute Gasteiger partial charge is 0.203 e. The summed E-state index contributed by atoms with van der Waals surface area (Å²) in [7, 11) is 4.84. The molecule has 0 heterocycles. The minimum absolute atomic E-state index is 0.169. The highest BCUT2D eigenvalue weighted by Crippen LogP contribution is 2.40. The number of anilines is 1. The van der Waals surface area contributed by atoms with Crippen molar-refractivity contribution in [1.82, 2.24) is 0 Å². The number of methoxy groups -OCH3 is 3. The minimum atomic E-state index is 0.169. The molecule has 0 bridgehead atoms. The zero-order valence-corrected chi connectivity index (χ0v) is 15.4. The van der Waals surface area contributed by atoms with E-state index >= 15 is 0 Å². The van der Waals surface area contributed by atoms with Gasteiger partial charge in [-0.25, -0.2) is 0 Å². The van der Waals surface area contributed by atoms with Crippen molar-refractivity contribution in [2.75, 3.05) is 26.6 Å². The molecule has 0 aliphatic rings. The van der Waals surface area contributed by atoms with Gasteiger partial charge in [-0.05, 0) is 16.5 Å². The summed E-state index contributed by atoms with van der Waals surface area (Å²) in [5.41, 5.74) is 3.64. The van der Waals surface area contributed by atoms with Crippen molar-refractivity contribution in [1.29, 1.82) is 0 Å². The normalized spacial score (nSPS) is 11.1. The van der Waals surface area contributed by atoms with E-state index in [0.717, 1.165) is 12.2 Å². The summed E-state index contributed by atoms with van der Waals surface area (Å²) in [6, 6.07) is 12.5. The topological polar surface area (TPSA) is 39.7 Å². The molecule has 0 saturated carbocycles. The number of benzene rings is 2. The lowest BCUT2D eigenvalue weighted by molar-refractivity contribution is 0.324. The highest BCUT2D eigenvalue weighted by Gasteiger charge is 2.14. The van der Waals surface area contributed by atoms with E-state index in [9.17, 15) is 0 Å². The van der Waals surface area contributed by atoms with Gasteiger partial charge in [0.2, 0.25) is 5.75 Å². The molecule has 4 heteroatoms. The predicted octanol–water partition coefficient (Wildman–Crippen LogP) is 4.62. The Bertz CT molecular complexity index is 647. The second-order valence-corrected chi connectivity index (χ2v) is 6.71. The van der Waals surface area contributed by atoms with Crippen LogP contribution in [0, 0.1) is 0 Å². The molecule has 0 saturated heterocycles. The van der Waals surface area contributed by atoms with E-state index in [2.05, 4.69) is 50.4 Å². The second-order valence-electron chi connectivity index (χ2n) is 6.71. The van der Waals surface area contributed by atoms with Gasteiger partial charge in [-0.15, -0.1) is 0 Å². The summed E-state index contributed by atoms with van der Waals surface area (Å²) in [6.07, 6.45) is 0. The number of ether oxygens (including phenoxy) is 3. The maximum absolute atomic E-state index is 5.38. The fourth-order valence-corrected chi connectivity index (χ4v) is 2.51. The Morgan fingerprint density at radius 2 is 1.38 bits per heavy atom. The third kappa shape index (κ3) is 4.13. The van der Waals surface area contributed by atoms with Gasteiger partial charge in [-0.2, -0.15) is 0 Å². The molecule has 1 N–H and O–H groups in total. The quantitative estimate of drug-likeness (QED) is 0.839. The van der Waals surface area contributed by atoms with Gasteiger partial charge < -0.3 is 19.5 Å². The van der Waals surface area contributed by atoms with Crippen LogP contribution in [0.25, 0.3) is 0 Å². The molecule has 2 rings (SSSR count). The van der Waals surface area contributed by atoms with Crippen molar-refractivity contribution in [3.63, 3.8) is 0 Å². The van der Waals surface area contributed by atoms with E-state index in [-0.39, 0.29) is 5.41 Å². The Labute approximate surface area is 144 Å². The molecular formula is C20H27NO3. The Morgan fingerprint density at radius 1 is 0.833 bits per heavy atom. The van der Waals surface area contributed by atoms with Crippen molar-refractivity contribution in [3.05, 3.63) is 47.5 Å². The molecule has 0 spiro atoms. The van der Waals surface area contributed by atoms with Gasteiger partial charge in [0.15, 0.2) is 11.5 Å². The maximum atomic E-state index is 5.38. The van der Waals surface area contributed by atoms with E-state index in [1.54, 1.807) is 21.3 Å². The van der Waals surface area contributed by atoms with Gasteiger partial charge in [0.25, 0.3) is 0 Å². The first kappa shape index (κ1) is 18.0. The number of hydrogen-bond acceptors (Lipinski definition) is 4. The number of rotatable bonds is 6. The molecule has 0 radical (unpaired) electrons. The Balaban J connectivity index is 2.14. The van der Waals surface area contributed by atoms with Crippen LogP contribution in [0.4, 0.5) is 5.69 Å². The lowest BCUT2D eigenvalue weighted by atomic mass is 9.87. The fourth-order valence-electron chi connectivity index (χ4n) is 2.51. The second kappa shape index (κ2) is 7.47. The number of hydrogen-bond donors (Lipinski definition) is 1. The van der Waals surface area contributed by atoms with Crippen LogP contribution in [0.15, 0.2) is 36.4 Å². The molecule has 0 atom stereocenters. The highest BCUT2D eigenvalue weighted by atomic mass is 16.5. The molecule has 4 nitrogen and oxygen atoms in total. The molecule has 0 aliphatic heterocycles. The van der Waals surface area contributed by atoms with Gasteiger partial charge in [-0.3, -0.25) is 0 Å². The third-order valence-corrected chi connectivity index (χ3v) is 3.98. The minimum Gasteiger partial charge on any atom is -0.493 e. The monoisotopic (exact) mass is 329 g/mol. The first-order valence-electron chi connectivity index (χ1n) is 8.02. The standard InChI is InChI=1S/C20H27NO3/c1-20(2,3)15-9-7-14(8-10-15)13-21-16-11-17(22-4)19(24-6)18(12-16)23-5/h7-12,21H,13H2,1-6H3. The molecule has 0 fully saturated rings. The summed E-state index contributed by atoms with van der Waals surface area (Å²) >= 11 is 0. The molecule has 0 aliphatic carbocycles. The maximum Gasteiger partial charge on any atom is 0.203 e. The number of nitrogens with one attached hydrogen (secondary N) is 1. The summed E-state index contributed by atoms with van der Waals surface area (Å²) in [4.78, 5) is 0. The van der Waals surface area contributed by atoms with Crippen LogP contribution in [0.1, 0.15) is 31.9 Å². The zero-order valence-electron chi connectivity index (χ0n) is 15.4. The van der Waals surface area contributed by atoms with Crippen LogP contribution in [0.2, 0.25) is 0 Å². The average molecular weight is 329 g/mol. The lowest BCUT2D eigenvalue weighted by Gasteiger charge is -2.19. The van der Waals surface area contributed by atoms with Gasteiger partial charge in [0.1, 0.15) is 0 Å². The summed E-state index contributed by atoms with van der Waals surface area (Å²) in [6.45, 7) is 7.38. The van der Waals surface area contributed by atoms with Crippen molar-refractivity contribution < 1.29 is 14.2 Å². The van der Waals surface area contributed by atoms with Gasteiger partial charge in [0, 0.05) is 24.4 Å². The largest absolute Gasteiger partial charge is 0.493 e. The molecule has 2 aromatic carbocycles. The SMILES string of the molecule is COc1cc(NCc2ccc(C(C)(C)C)cc2)cc(OC)c1OC. The first-order valence-corrected chi connectivity index (χ1v) is 8.02. The third-order valence-electron chi connectivity index (χ3n) is 3.98. The van der Waals surface area contributed by atoms with Crippen LogP contribution in [0.5, 0.6) is 17.2 Å². The van der Waals surface area contributed by atoms with Crippen molar-refractivity contribution >= 4 is 5.69 Å². The van der Waals surface area contributed by atoms with E-state index in [0.29, 0.717) is 17.2 Å². The van der Waals surface area contributed by atoms with Crippen molar-refractivity contribution in [2.24, 2.45) is 0 Å². The molecular weight excluding hydrogens is 302 g/mol. The van der Waals surface area contributed by atoms with Crippen LogP contribution >= 0.6 is 0 Å². The molecule has 24 heavy (non-hydrogen) atoms. The lowest BCUT2D eigenvalue weighted by Crippen LogP contribution is -2.11. The summed E-state index contributed by atoms with van der Waals surface area (Å²) in [5.74, 6) is 1.88. The van der Waals surface area contributed by atoms with Crippen molar-refractivity contribution in [2.45, 2.75) is 32.7 Å². The molecule has 0 amide bonds. The zero-order chi connectivity index (χ0) is 17.7. The molecule has 0 aromatic heterocycles. The van der Waals surface area contributed by atoms with Crippen molar-refractivity contribution in [3.8, 4) is 17.2 Å². The van der Waals surface area contributed by atoms with Gasteiger partial charge in [-0.1, -0.05) is 45.0 Å². The van der Waals surface area contributed by atoms with E-state index < -0.39 is 0 Å².